The number of nitrogens with two attached hydrogens (primary N) is 1. The summed E-state index contributed by atoms with van der Waals surface area (Å²) in [5.74, 6) is 0. The molecule has 1 aromatic carbocycles. The highest BCUT2D eigenvalue weighted by atomic mass is 16.3. The molecule has 106 valence electrons. The molecule has 4 N–H and O–H groups in total. The van der Waals surface area contributed by atoms with E-state index >= 15 is 0 Å². The Labute approximate surface area is 116 Å². The van der Waals surface area contributed by atoms with Crippen LogP contribution in [-0.4, -0.2) is 17.3 Å². The predicted molar refractivity (Wildman–Crippen MR) is 81.3 cm³/mol. The number of para-hydroxylation sites is 1. The van der Waals surface area contributed by atoms with Gasteiger partial charge in [0.2, 0.25) is 0 Å². The molecule has 0 unspecified atom stereocenters. The van der Waals surface area contributed by atoms with E-state index in [9.17, 15) is 5.11 Å². The summed E-state index contributed by atoms with van der Waals surface area (Å²) < 4.78 is 0. The zero-order chi connectivity index (χ0) is 14.1. The summed E-state index contributed by atoms with van der Waals surface area (Å²) in [6.07, 6.45) is 3.88. The van der Waals surface area contributed by atoms with Crippen LogP contribution in [0.3, 0.4) is 0 Å². The highest BCUT2D eigenvalue weighted by molar-refractivity contribution is 5.69. The van der Waals surface area contributed by atoms with Gasteiger partial charge in [0, 0.05) is 6.54 Å². The van der Waals surface area contributed by atoms with Crippen molar-refractivity contribution in [1.82, 2.24) is 0 Å². The molecule has 0 amide bonds. The van der Waals surface area contributed by atoms with Gasteiger partial charge in [-0.1, -0.05) is 26.0 Å². The molecule has 0 bridgehead atoms. The maximum atomic E-state index is 10.6. The minimum absolute atomic E-state index is 0.369. The predicted octanol–water partition coefficient (Wildman–Crippen LogP) is 3.32. The van der Waals surface area contributed by atoms with Crippen LogP contribution in [0.4, 0.5) is 11.4 Å². The quantitative estimate of drug-likeness (QED) is 0.732. The van der Waals surface area contributed by atoms with Gasteiger partial charge in [0.05, 0.1) is 17.0 Å². The van der Waals surface area contributed by atoms with Crippen LogP contribution in [0.1, 0.15) is 45.1 Å². The highest BCUT2D eigenvalue weighted by Gasteiger charge is 2.36. The molecule has 0 spiro atoms. The van der Waals surface area contributed by atoms with Crippen LogP contribution in [0.2, 0.25) is 0 Å². The fraction of sp³-hybridized carbons (Fsp3) is 0.625. The normalized spacial score (nSPS) is 21.1. The first-order valence-electron chi connectivity index (χ1n) is 7.13. The SMILES string of the molecule is Cc1cccc(N)c1NCC1(O)CCC(C)(C)CC1. The van der Waals surface area contributed by atoms with E-state index < -0.39 is 5.60 Å². The van der Waals surface area contributed by atoms with E-state index in [1.807, 2.05) is 25.1 Å². The summed E-state index contributed by atoms with van der Waals surface area (Å²) in [7, 11) is 0. The van der Waals surface area contributed by atoms with Crippen molar-refractivity contribution in [3.05, 3.63) is 23.8 Å². The Hall–Kier alpha value is -1.22. The lowest BCUT2D eigenvalue weighted by Crippen LogP contribution is -2.42. The Bertz CT molecular complexity index is 424. The van der Waals surface area contributed by atoms with Crippen LogP contribution >= 0.6 is 0 Å². The summed E-state index contributed by atoms with van der Waals surface area (Å²) in [4.78, 5) is 0. The molecule has 3 heteroatoms. The van der Waals surface area contributed by atoms with Gasteiger partial charge >= 0.3 is 0 Å². The van der Waals surface area contributed by atoms with Crippen molar-refractivity contribution < 1.29 is 5.11 Å². The summed E-state index contributed by atoms with van der Waals surface area (Å²) in [6.45, 7) is 7.17. The number of aliphatic hydroxyl groups is 1. The second kappa shape index (κ2) is 5.04. The molecule has 0 radical (unpaired) electrons. The van der Waals surface area contributed by atoms with E-state index in [1.54, 1.807) is 0 Å². The average molecular weight is 262 g/mol. The van der Waals surface area contributed by atoms with Gasteiger partial charge in [-0.15, -0.1) is 0 Å². The highest BCUT2D eigenvalue weighted by Crippen LogP contribution is 2.40. The van der Waals surface area contributed by atoms with Gasteiger partial charge in [-0.2, -0.15) is 0 Å². The van der Waals surface area contributed by atoms with Gasteiger partial charge in [0.25, 0.3) is 0 Å². The molecule has 1 aliphatic carbocycles. The van der Waals surface area contributed by atoms with Gasteiger partial charge in [0.1, 0.15) is 0 Å². The maximum absolute atomic E-state index is 10.6. The van der Waals surface area contributed by atoms with E-state index in [0.29, 0.717) is 12.0 Å². The molecule has 0 aliphatic heterocycles. The molecule has 1 aromatic rings. The van der Waals surface area contributed by atoms with E-state index in [-0.39, 0.29) is 0 Å². The lowest BCUT2D eigenvalue weighted by Gasteiger charge is -2.40. The van der Waals surface area contributed by atoms with Crippen molar-refractivity contribution in [2.24, 2.45) is 5.41 Å². The lowest BCUT2D eigenvalue weighted by molar-refractivity contribution is -0.0145. The van der Waals surface area contributed by atoms with Crippen LogP contribution in [-0.2, 0) is 0 Å². The van der Waals surface area contributed by atoms with E-state index in [1.165, 1.54) is 0 Å². The molecule has 0 heterocycles. The number of rotatable bonds is 3. The van der Waals surface area contributed by atoms with Crippen molar-refractivity contribution in [1.29, 1.82) is 0 Å². The monoisotopic (exact) mass is 262 g/mol. The molecule has 1 aliphatic rings. The third-order valence-electron chi connectivity index (χ3n) is 4.43. The Morgan fingerprint density at radius 1 is 1.21 bits per heavy atom. The molecular weight excluding hydrogens is 236 g/mol. The third-order valence-corrected chi connectivity index (χ3v) is 4.43. The van der Waals surface area contributed by atoms with Crippen LogP contribution in [0.5, 0.6) is 0 Å². The number of nitrogen functional groups attached to an aromatic ring is 1. The first-order chi connectivity index (χ1) is 8.81. The molecular formula is C16H26N2O. The van der Waals surface area contributed by atoms with Crippen molar-refractivity contribution in [3.63, 3.8) is 0 Å². The second-order valence-electron chi connectivity index (χ2n) is 6.78. The molecule has 3 nitrogen and oxygen atoms in total. The average Bonchev–Trinajstić information content (AvgIpc) is 2.33. The van der Waals surface area contributed by atoms with Crippen LogP contribution in [0.25, 0.3) is 0 Å². The van der Waals surface area contributed by atoms with Gasteiger partial charge in [-0.05, 0) is 49.7 Å². The zero-order valence-corrected chi connectivity index (χ0v) is 12.3. The smallest absolute Gasteiger partial charge is 0.0819 e. The standard InChI is InChI=1S/C16H26N2O/c1-12-5-4-6-13(17)14(12)18-11-16(19)9-7-15(2,3)8-10-16/h4-6,18-19H,7-11,17H2,1-3H3. The third kappa shape index (κ3) is 3.41. The summed E-state index contributed by atoms with van der Waals surface area (Å²) in [5, 5.41) is 14.0. The topological polar surface area (TPSA) is 58.3 Å². The molecule has 2 rings (SSSR count). The number of nitrogens with one attached hydrogen (secondary N) is 1. The fourth-order valence-corrected chi connectivity index (χ4v) is 2.75. The van der Waals surface area contributed by atoms with Crippen molar-refractivity contribution >= 4 is 11.4 Å². The Morgan fingerprint density at radius 3 is 2.42 bits per heavy atom. The van der Waals surface area contributed by atoms with Crippen LogP contribution in [0, 0.1) is 12.3 Å². The van der Waals surface area contributed by atoms with E-state index in [4.69, 9.17) is 5.73 Å². The summed E-state index contributed by atoms with van der Waals surface area (Å²) in [6, 6.07) is 5.88. The van der Waals surface area contributed by atoms with Crippen LogP contribution in [0.15, 0.2) is 18.2 Å². The number of benzene rings is 1. The second-order valence-corrected chi connectivity index (χ2v) is 6.78. The first kappa shape index (κ1) is 14.2. The molecule has 0 aromatic heterocycles. The lowest BCUT2D eigenvalue weighted by atomic mass is 9.71. The van der Waals surface area contributed by atoms with E-state index in [2.05, 4.69) is 19.2 Å². The fourth-order valence-electron chi connectivity index (χ4n) is 2.75. The maximum Gasteiger partial charge on any atom is 0.0819 e. The van der Waals surface area contributed by atoms with Gasteiger partial charge in [-0.25, -0.2) is 0 Å². The van der Waals surface area contributed by atoms with Gasteiger partial charge < -0.3 is 16.2 Å². The van der Waals surface area contributed by atoms with E-state index in [0.717, 1.165) is 42.6 Å². The Balaban J connectivity index is 1.99. The van der Waals surface area contributed by atoms with Crippen molar-refractivity contribution in [2.45, 2.75) is 52.1 Å². The number of anilines is 2. The number of hydrogen-bond donors (Lipinski definition) is 3. The zero-order valence-electron chi connectivity index (χ0n) is 12.3. The largest absolute Gasteiger partial charge is 0.397 e. The summed E-state index contributed by atoms with van der Waals surface area (Å²) >= 11 is 0. The molecule has 1 fully saturated rings. The first-order valence-corrected chi connectivity index (χ1v) is 7.13. The molecule has 1 saturated carbocycles. The number of aryl methyl sites for hydroxylation is 1. The van der Waals surface area contributed by atoms with Crippen LogP contribution < -0.4 is 11.1 Å². The number of hydrogen-bond acceptors (Lipinski definition) is 3. The van der Waals surface area contributed by atoms with Crippen molar-refractivity contribution in [3.8, 4) is 0 Å². The van der Waals surface area contributed by atoms with Gasteiger partial charge in [-0.3, -0.25) is 0 Å². The van der Waals surface area contributed by atoms with Crippen molar-refractivity contribution in [2.75, 3.05) is 17.6 Å². The van der Waals surface area contributed by atoms with Gasteiger partial charge in [0.15, 0.2) is 0 Å². The molecule has 0 saturated heterocycles. The molecule has 19 heavy (non-hydrogen) atoms. The Kier molecular flexibility index (Phi) is 3.77. The minimum Gasteiger partial charge on any atom is -0.397 e. The summed E-state index contributed by atoms with van der Waals surface area (Å²) in [5.41, 5.74) is 8.59. The Morgan fingerprint density at radius 2 is 1.84 bits per heavy atom. The molecule has 0 atom stereocenters. The minimum atomic E-state index is -0.593.